The van der Waals surface area contributed by atoms with Crippen LogP contribution in [-0.4, -0.2) is 36.6 Å². The molecule has 0 aromatic rings. The van der Waals surface area contributed by atoms with Crippen LogP contribution >= 0.6 is 0 Å². The van der Waals surface area contributed by atoms with Crippen molar-refractivity contribution in [3.8, 4) is 0 Å². The molecule has 17 heavy (non-hydrogen) atoms. The van der Waals surface area contributed by atoms with Crippen molar-refractivity contribution in [2.24, 2.45) is 0 Å². The van der Waals surface area contributed by atoms with Crippen LogP contribution in [0.25, 0.3) is 0 Å². The van der Waals surface area contributed by atoms with Gasteiger partial charge in [0.05, 0.1) is 24.4 Å². The van der Waals surface area contributed by atoms with Gasteiger partial charge >= 0.3 is 0 Å². The third kappa shape index (κ3) is 3.67. The number of hydrogen-bond acceptors (Lipinski definition) is 3. The predicted molar refractivity (Wildman–Crippen MR) is 67.0 cm³/mol. The molecular weight excluding hydrogens is 216 g/mol. The number of hydrogen-bond donors (Lipinski definition) is 1. The highest BCUT2D eigenvalue weighted by atomic mass is 16.5. The third-order valence-corrected chi connectivity index (χ3v) is 4.28. The van der Waals surface area contributed by atoms with Crippen LogP contribution < -0.4 is 0 Å². The van der Waals surface area contributed by atoms with E-state index in [1.165, 1.54) is 44.9 Å². The first-order valence-corrected chi connectivity index (χ1v) is 7.09. The molecule has 2 unspecified atom stereocenters. The zero-order valence-electron chi connectivity index (χ0n) is 11.0. The van der Waals surface area contributed by atoms with Gasteiger partial charge in [0.15, 0.2) is 0 Å². The summed E-state index contributed by atoms with van der Waals surface area (Å²) in [5.41, 5.74) is 0.217. The van der Waals surface area contributed by atoms with Crippen LogP contribution in [-0.2, 0) is 9.47 Å². The van der Waals surface area contributed by atoms with Gasteiger partial charge in [-0.2, -0.15) is 0 Å². The number of ether oxygens (including phenoxy) is 2. The predicted octanol–water partition coefficient (Wildman–Crippen LogP) is 2.66. The van der Waals surface area contributed by atoms with Crippen LogP contribution in [0.4, 0.5) is 0 Å². The molecule has 1 heterocycles. The normalized spacial score (nSPS) is 29.6. The van der Waals surface area contributed by atoms with E-state index in [0.29, 0.717) is 12.7 Å². The van der Waals surface area contributed by atoms with Crippen molar-refractivity contribution < 1.29 is 14.6 Å². The summed E-state index contributed by atoms with van der Waals surface area (Å²) in [4.78, 5) is 0. The third-order valence-electron chi connectivity index (χ3n) is 4.28. The zero-order valence-corrected chi connectivity index (χ0v) is 11.0. The minimum atomic E-state index is -0.327. The first-order chi connectivity index (χ1) is 8.24. The van der Waals surface area contributed by atoms with E-state index in [2.05, 4.69) is 0 Å². The second-order valence-corrected chi connectivity index (χ2v) is 5.71. The highest BCUT2D eigenvalue weighted by molar-refractivity contribution is 4.91. The molecule has 1 N–H and O–H groups in total. The van der Waals surface area contributed by atoms with Crippen LogP contribution in [0.3, 0.4) is 0 Å². The van der Waals surface area contributed by atoms with Gasteiger partial charge in [0.25, 0.3) is 0 Å². The van der Waals surface area contributed by atoms with E-state index < -0.39 is 0 Å². The highest BCUT2D eigenvalue weighted by Gasteiger charge is 2.40. The van der Waals surface area contributed by atoms with E-state index in [1.54, 1.807) is 7.11 Å². The molecular formula is C14H26O3. The van der Waals surface area contributed by atoms with E-state index in [9.17, 15) is 5.11 Å². The maximum absolute atomic E-state index is 9.63. The zero-order chi connectivity index (χ0) is 12.1. The van der Waals surface area contributed by atoms with Crippen LogP contribution in [0.1, 0.15) is 57.8 Å². The molecule has 1 saturated heterocycles. The second kappa shape index (κ2) is 6.17. The first kappa shape index (κ1) is 13.3. The summed E-state index contributed by atoms with van der Waals surface area (Å²) in [6.45, 7) is 0.442. The fourth-order valence-electron chi connectivity index (χ4n) is 3.32. The van der Waals surface area contributed by atoms with Crippen LogP contribution in [0.5, 0.6) is 0 Å². The average Bonchev–Trinajstić information content (AvgIpc) is 2.71. The van der Waals surface area contributed by atoms with Gasteiger partial charge in [-0.15, -0.1) is 0 Å². The molecule has 3 heteroatoms. The van der Waals surface area contributed by atoms with Crippen molar-refractivity contribution in [3.05, 3.63) is 0 Å². The Kier molecular flexibility index (Phi) is 4.83. The Hall–Kier alpha value is -0.120. The standard InChI is InChI=1S/C14H26O3/c1-16-11-12(15)5-6-13-7-10-14(17-13)8-3-2-4-9-14/h12-13,15H,2-11H2,1H3. The molecule has 0 radical (unpaired) electrons. The fraction of sp³-hybridized carbons (Fsp3) is 1.00. The smallest absolute Gasteiger partial charge is 0.0774 e. The summed E-state index contributed by atoms with van der Waals surface area (Å²) < 4.78 is 11.2. The Bertz CT molecular complexity index is 224. The van der Waals surface area contributed by atoms with Gasteiger partial charge in [0.2, 0.25) is 0 Å². The topological polar surface area (TPSA) is 38.7 Å². The molecule has 100 valence electrons. The molecule has 1 saturated carbocycles. The van der Waals surface area contributed by atoms with Crippen molar-refractivity contribution in [3.63, 3.8) is 0 Å². The molecule has 0 amide bonds. The van der Waals surface area contributed by atoms with Gasteiger partial charge in [0.1, 0.15) is 0 Å². The van der Waals surface area contributed by atoms with Crippen molar-refractivity contribution in [1.82, 2.24) is 0 Å². The number of aliphatic hydroxyl groups is 1. The van der Waals surface area contributed by atoms with Crippen LogP contribution in [0, 0.1) is 0 Å². The van der Waals surface area contributed by atoms with E-state index in [4.69, 9.17) is 9.47 Å². The lowest BCUT2D eigenvalue weighted by atomic mass is 9.83. The molecule has 0 bridgehead atoms. The molecule has 2 fully saturated rings. The Morgan fingerprint density at radius 3 is 2.76 bits per heavy atom. The maximum atomic E-state index is 9.63. The number of rotatable bonds is 5. The van der Waals surface area contributed by atoms with Gasteiger partial charge in [-0.25, -0.2) is 0 Å². The molecule has 2 rings (SSSR count). The summed E-state index contributed by atoms with van der Waals surface area (Å²) in [7, 11) is 1.63. The summed E-state index contributed by atoms with van der Waals surface area (Å²) in [6, 6.07) is 0. The molecule has 1 aliphatic carbocycles. The van der Waals surface area contributed by atoms with Gasteiger partial charge in [0, 0.05) is 7.11 Å². The lowest BCUT2D eigenvalue weighted by Gasteiger charge is -2.33. The minimum absolute atomic E-state index is 0.217. The van der Waals surface area contributed by atoms with Crippen molar-refractivity contribution in [2.75, 3.05) is 13.7 Å². The van der Waals surface area contributed by atoms with Gasteiger partial charge in [-0.05, 0) is 38.5 Å². The molecule has 3 nitrogen and oxygen atoms in total. The van der Waals surface area contributed by atoms with Gasteiger partial charge < -0.3 is 14.6 Å². The summed E-state index contributed by atoms with van der Waals surface area (Å²) in [5.74, 6) is 0. The highest BCUT2D eigenvalue weighted by Crippen LogP contribution is 2.42. The monoisotopic (exact) mass is 242 g/mol. The Balaban J connectivity index is 1.70. The second-order valence-electron chi connectivity index (χ2n) is 5.71. The van der Waals surface area contributed by atoms with E-state index in [0.717, 1.165) is 12.8 Å². The lowest BCUT2D eigenvalue weighted by molar-refractivity contribution is -0.0697. The SMILES string of the molecule is COCC(O)CCC1CCC2(CCCCC2)O1. The molecule has 1 aliphatic heterocycles. The summed E-state index contributed by atoms with van der Waals surface area (Å²) in [5, 5.41) is 9.63. The molecule has 0 aromatic heterocycles. The van der Waals surface area contributed by atoms with E-state index in [1.807, 2.05) is 0 Å². The van der Waals surface area contributed by atoms with Gasteiger partial charge in [-0.1, -0.05) is 19.3 Å². The largest absolute Gasteiger partial charge is 0.391 e. The average molecular weight is 242 g/mol. The number of aliphatic hydroxyl groups excluding tert-OH is 1. The molecule has 0 aromatic carbocycles. The van der Waals surface area contributed by atoms with Crippen molar-refractivity contribution in [1.29, 1.82) is 0 Å². The van der Waals surface area contributed by atoms with Crippen molar-refractivity contribution in [2.45, 2.75) is 75.6 Å². The summed E-state index contributed by atoms with van der Waals surface area (Å²) >= 11 is 0. The van der Waals surface area contributed by atoms with E-state index >= 15 is 0 Å². The number of methoxy groups -OCH3 is 1. The van der Waals surface area contributed by atoms with Crippen molar-refractivity contribution >= 4 is 0 Å². The van der Waals surface area contributed by atoms with Gasteiger partial charge in [-0.3, -0.25) is 0 Å². The first-order valence-electron chi connectivity index (χ1n) is 7.09. The quantitative estimate of drug-likeness (QED) is 0.805. The van der Waals surface area contributed by atoms with Crippen LogP contribution in [0.15, 0.2) is 0 Å². The minimum Gasteiger partial charge on any atom is -0.391 e. The maximum Gasteiger partial charge on any atom is 0.0774 e. The molecule has 2 aliphatic rings. The molecule has 1 spiro atoms. The Morgan fingerprint density at radius 1 is 1.29 bits per heavy atom. The van der Waals surface area contributed by atoms with E-state index in [-0.39, 0.29) is 11.7 Å². The fourth-order valence-corrected chi connectivity index (χ4v) is 3.32. The summed E-state index contributed by atoms with van der Waals surface area (Å²) in [6.07, 6.45) is 10.8. The lowest BCUT2D eigenvalue weighted by Crippen LogP contribution is -2.31. The Labute approximate surface area is 104 Å². The Morgan fingerprint density at radius 2 is 2.06 bits per heavy atom. The molecule has 2 atom stereocenters. The van der Waals surface area contributed by atoms with Crippen LogP contribution in [0.2, 0.25) is 0 Å².